The normalized spacial score (nSPS) is 11.9. The van der Waals surface area contributed by atoms with Gasteiger partial charge in [-0.3, -0.25) is 0 Å². The van der Waals surface area contributed by atoms with Crippen LogP contribution in [0.15, 0.2) is 0 Å². The molecule has 0 amide bonds. The van der Waals surface area contributed by atoms with Crippen molar-refractivity contribution >= 4 is 89.2 Å². The van der Waals surface area contributed by atoms with E-state index >= 15 is 0 Å². The predicted molar refractivity (Wildman–Crippen MR) is 578 cm³/mol. The van der Waals surface area contributed by atoms with Gasteiger partial charge >= 0.3 is 17.1 Å². The summed E-state index contributed by atoms with van der Waals surface area (Å²) >= 11 is 32.7. The number of rotatable bonds is 108. The quantitative estimate of drug-likeness (QED) is 0.0252. The third-order valence-electron chi connectivity index (χ3n) is 25.5. The van der Waals surface area contributed by atoms with Crippen molar-refractivity contribution in [2.24, 2.45) is 0 Å². The third kappa shape index (κ3) is 127. The molecule has 0 spiro atoms. The molecule has 0 fully saturated rings. The van der Waals surface area contributed by atoms with E-state index in [9.17, 15) is 0 Å². The Labute approximate surface area is 824 Å². The van der Waals surface area contributed by atoms with E-state index in [0.717, 1.165) is 38.5 Å². The van der Waals surface area contributed by atoms with Gasteiger partial charge < -0.3 is 63.9 Å². The van der Waals surface area contributed by atoms with Crippen LogP contribution in [0.3, 0.4) is 0 Å². The molecule has 0 aliphatic rings. The molecule has 0 atom stereocenters. The minimum Gasteiger partial charge on any atom is -0.691 e. The molecule has 0 aliphatic carbocycles. The summed E-state index contributed by atoms with van der Waals surface area (Å²) in [4.78, 5) is 0. The van der Waals surface area contributed by atoms with Crippen molar-refractivity contribution in [1.29, 1.82) is 0 Å². The van der Waals surface area contributed by atoms with Crippen LogP contribution >= 0.6 is 17.1 Å². The third-order valence-corrected chi connectivity index (χ3v) is 32.3. The van der Waals surface area contributed by atoms with Crippen LogP contribution in [-0.4, -0.2) is 39.6 Å². The van der Waals surface area contributed by atoms with Crippen molar-refractivity contribution in [3.8, 4) is 0 Å². The Morgan fingerprint density at radius 3 is 0.242 bits per heavy atom. The topological polar surface area (TPSA) is 55.4 Å². The Hall–Kier alpha value is 3.28. The van der Waals surface area contributed by atoms with Gasteiger partial charge in [0.25, 0.3) is 0 Å². The van der Waals surface area contributed by atoms with Gasteiger partial charge in [-0.2, -0.15) is 0 Å². The number of unbranched alkanes of at least 4 members (excludes halogenated alkanes) is 90. The molecule has 0 heterocycles. The maximum absolute atomic E-state index is 5.80. The summed E-state index contributed by atoms with van der Waals surface area (Å²) in [5, 5.41) is 0. The van der Waals surface area contributed by atoms with Crippen LogP contribution in [0.2, 0.25) is 0 Å². The fourth-order valence-corrected chi connectivity index (χ4v) is 22.1. The van der Waals surface area contributed by atoms with Crippen LogP contribution in [0.1, 0.15) is 658 Å². The van der Waals surface area contributed by atoms with Crippen LogP contribution in [-0.2, 0) is 116 Å². The van der Waals surface area contributed by atoms with E-state index in [1.54, 1.807) is 0 Å². The average molecular weight is 1960 g/mol. The Kier molecular flexibility index (Phi) is 128. The molecular weight excluding hydrogens is 1730 g/mol. The zero-order chi connectivity index (χ0) is 89.9. The molecule has 749 valence electrons. The van der Waals surface area contributed by atoms with Crippen LogP contribution in [0.4, 0.5) is 0 Å². The van der Waals surface area contributed by atoms with E-state index in [1.165, 1.54) is 578 Å². The van der Waals surface area contributed by atoms with Crippen molar-refractivity contribution in [3.63, 3.8) is 0 Å². The van der Waals surface area contributed by atoms with Crippen LogP contribution < -0.4 is 0 Å². The van der Waals surface area contributed by atoms with E-state index in [1.807, 2.05) is 0 Å². The zero-order valence-corrected chi connectivity index (χ0v) is 93.4. The van der Waals surface area contributed by atoms with Crippen molar-refractivity contribution in [2.45, 2.75) is 658 Å². The predicted octanol–water partition coefficient (Wildman–Crippen LogP) is 42.9. The molecule has 0 bridgehead atoms. The fraction of sp³-hybridized carbons (Fsp3) is 1.00. The number of hydrogen-bond donors (Lipinski definition) is 0. The van der Waals surface area contributed by atoms with E-state index in [0.29, 0.717) is 39.6 Å². The first-order valence-corrected chi connectivity index (χ1v) is 67.1. The van der Waals surface area contributed by atoms with Gasteiger partial charge in [0, 0.05) is 0 Å². The van der Waals surface area contributed by atoms with Gasteiger partial charge in [-0.15, -0.1) is 0 Å². The van der Waals surface area contributed by atoms with Gasteiger partial charge in [0.05, 0.1) is 56.7 Å². The molecule has 0 aromatic heterocycles. The van der Waals surface area contributed by atoms with Crippen molar-refractivity contribution in [1.82, 2.24) is 0 Å². The van der Waals surface area contributed by atoms with E-state index in [4.69, 9.17) is 99.3 Å². The Bertz CT molecular complexity index is 1700. The minimum atomic E-state index is -2.46. The van der Waals surface area contributed by atoms with Gasteiger partial charge in [0.15, 0.2) is 0 Å². The van der Waals surface area contributed by atoms with E-state index in [2.05, 4.69) is 41.5 Å². The molecule has 124 heavy (non-hydrogen) atoms. The molecule has 0 aliphatic heterocycles. The molecule has 0 saturated heterocycles. The smallest absolute Gasteiger partial charge is 0.691 e. The summed E-state index contributed by atoms with van der Waals surface area (Å²) in [5.74, 6) is 0. The van der Waals surface area contributed by atoms with Crippen molar-refractivity contribution in [2.75, 3.05) is 39.6 Å². The van der Waals surface area contributed by atoms with Crippen molar-refractivity contribution < 1.29 is 44.2 Å². The summed E-state index contributed by atoms with van der Waals surface area (Å²) < 4.78 is 34.8. The molecular formula is C108H222FeO6P3S6. The Balaban J connectivity index is -0.000000867. The molecule has 0 saturated carbocycles. The van der Waals surface area contributed by atoms with Gasteiger partial charge in [0.1, 0.15) is 0 Å². The standard InChI is InChI=1S/3C36H75O2PS2.Fe/c3*1-3-5-7-9-11-13-15-17-19-21-23-25-27-29-31-33-35-37-39(40,41)38-36-34-32-30-28-26-24-22-20-18-16-14-12-10-8-6-4-2;/h3*3-36H2,1-2H3,(H,40,41);/q;;;+3/p-3. The molecule has 0 unspecified atom stereocenters. The first kappa shape index (κ1) is 134. The molecule has 0 rings (SSSR count). The second-order valence-corrected chi connectivity index (χ2v) is 53.1. The fourth-order valence-electron chi connectivity index (χ4n) is 17.1. The maximum Gasteiger partial charge on any atom is 3.00 e. The van der Waals surface area contributed by atoms with Crippen LogP contribution in [0, 0.1) is 0 Å². The molecule has 0 aromatic rings. The SMILES string of the molecule is CCCCCCCCCCCCCCCCCCOP(=S)([S-])OCCCCCCCCCCCCCCCCCC.CCCCCCCCCCCCCCCCCCOP(=S)([S-])OCCCCCCCCCCCCCCCCCC.CCCCCCCCCCCCCCCCCCOP(=S)([S-])OCCCCCCCCCCCCCCCCCC.[Fe+3]. The second kappa shape index (κ2) is 119. The summed E-state index contributed by atoms with van der Waals surface area (Å²) in [6, 6.07) is 0. The van der Waals surface area contributed by atoms with Crippen molar-refractivity contribution in [3.05, 3.63) is 0 Å². The Morgan fingerprint density at radius 1 is 0.121 bits per heavy atom. The maximum atomic E-state index is 5.80. The first-order chi connectivity index (χ1) is 60.4. The van der Waals surface area contributed by atoms with E-state index < -0.39 is 17.1 Å². The largest absolute Gasteiger partial charge is 3.00 e. The van der Waals surface area contributed by atoms with Gasteiger partial charge in [-0.25, -0.2) is 0 Å². The molecule has 16 heteroatoms. The minimum absolute atomic E-state index is 0. The van der Waals surface area contributed by atoms with Crippen LogP contribution in [0.25, 0.3) is 0 Å². The van der Waals surface area contributed by atoms with Gasteiger partial charge in [-0.05, 0) is 38.5 Å². The van der Waals surface area contributed by atoms with Crippen LogP contribution in [0.5, 0.6) is 0 Å². The zero-order valence-electron chi connectivity index (χ0n) is 84.7. The van der Waals surface area contributed by atoms with E-state index in [-0.39, 0.29) is 17.1 Å². The summed E-state index contributed by atoms with van der Waals surface area (Å²) in [5.41, 5.74) is -7.37. The average Bonchev–Trinajstić information content (AvgIpc) is 0.950. The first-order valence-electron chi connectivity index (χ1n) is 56.2. The molecule has 0 N–H and O–H groups in total. The summed E-state index contributed by atoms with van der Waals surface area (Å²) in [6.07, 6.45) is 133. The van der Waals surface area contributed by atoms with Gasteiger partial charge in [-0.1, -0.05) is 655 Å². The summed E-state index contributed by atoms with van der Waals surface area (Å²) in [7, 11) is 0. The molecule has 6 nitrogen and oxygen atoms in total. The Morgan fingerprint density at radius 2 is 0.177 bits per heavy atom. The monoisotopic (exact) mass is 1960 g/mol. The van der Waals surface area contributed by atoms with Gasteiger partial charge in [0.2, 0.25) is 0 Å². The number of hydrogen-bond acceptors (Lipinski definition) is 12. The molecule has 1 radical (unpaired) electrons. The summed E-state index contributed by atoms with van der Waals surface area (Å²) in [6.45, 7) is 17.8. The second-order valence-electron chi connectivity index (χ2n) is 38.2. The molecule has 0 aromatic carbocycles.